The lowest BCUT2D eigenvalue weighted by molar-refractivity contribution is -0.142. The van der Waals surface area contributed by atoms with E-state index in [-0.39, 0.29) is 40.8 Å². The number of allylic oxidation sites excluding steroid dienone is 1. The molecular weight excluding hydrogens is 464 g/mol. The van der Waals surface area contributed by atoms with Gasteiger partial charge in [0.1, 0.15) is 40.8 Å². The molecule has 8 nitrogen and oxygen atoms in total. The first-order valence-corrected chi connectivity index (χ1v) is 11.4. The van der Waals surface area contributed by atoms with Crippen LogP contribution in [0.15, 0.2) is 45.7 Å². The van der Waals surface area contributed by atoms with Crippen molar-refractivity contribution in [2.45, 2.75) is 39.0 Å². The zero-order valence-corrected chi connectivity index (χ0v) is 20.1. The molecule has 0 fully saturated rings. The van der Waals surface area contributed by atoms with E-state index in [1.54, 1.807) is 6.07 Å². The number of ketones is 2. The fraction of sp³-hybridized carbons (Fsp3) is 0.250. The third-order valence-corrected chi connectivity index (χ3v) is 6.85. The number of carbonyl (C=O) groups is 3. The number of aromatic hydroxyl groups is 2. The molecule has 1 atom stereocenters. The fourth-order valence-corrected chi connectivity index (χ4v) is 5.02. The minimum Gasteiger partial charge on any atom is -0.507 e. The van der Waals surface area contributed by atoms with E-state index >= 15 is 0 Å². The number of esters is 1. The minimum absolute atomic E-state index is 0.0855. The van der Waals surface area contributed by atoms with E-state index in [4.69, 9.17) is 13.6 Å². The highest BCUT2D eigenvalue weighted by molar-refractivity contribution is 6.03. The van der Waals surface area contributed by atoms with Crippen molar-refractivity contribution in [2.24, 2.45) is 0 Å². The first-order chi connectivity index (χ1) is 17.0. The molecule has 1 aliphatic carbocycles. The number of benzene rings is 2. The van der Waals surface area contributed by atoms with Crippen LogP contribution in [0.4, 0.5) is 0 Å². The SMILES string of the molecule is C=C1CCC(COC(C)=O)(c2cc3cc(O)c(C(C)=O)cc3o2)c2c1oc1cc(C(C)=O)c(O)cc21. The molecule has 184 valence electrons. The Morgan fingerprint density at radius 1 is 0.944 bits per heavy atom. The standard InChI is InChI=1S/C28H24O8/c1-13-5-6-28(12-34-16(4)31,25-8-17-7-21(32)18(14(2)29)10-23(17)35-25)26-20-9-22(33)19(15(3)30)11-24(20)36-27(13)26/h7-11,32-33H,1,5-6,12H2,2-4H3. The van der Waals surface area contributed by atoms with Crippen LogP contribution in [-0.2, 0) is 14.9 Å². The van der Waals surface area contributed by atoms with Gasteiger partial charge in [-0.1, -0.05) is 6.58 Å². The Labute approximate surface area is 205 Å². The molecule has 1 aliphatic rings. The number of phenols is 2. The van der Waals surface area contributed by atoms with Crippen LogP contribution in [0.25, 0.3) is 27.5 Å². The Kier molecular flexibility index (Phi) is 5.28. The number of fused-ring (bicyclic) bond motifs is 4. The number of rotatable bonds is 5. The van der Waals surface area contributed by atoms with Crippen LogP contribution in [0.5, 0.6) is 11.5 Å². The Morgan fingerprint density at radius 2 is 1.58 bits per heavy atom. The smallest absolute Gasteiger partial charge is 0.302 e. The van der Waals surface area contributed by atoms with Crippen molar-refractivity contribution < 1.29 is 38.2 Å². The molecule has 8 heteroatoms. The number of carbonyl (C=O) groups excluding carboxylic acids is 3. The van der Waals surface area contributed by atoms with Gasteiger partial charge in [0.15, 0.2) is 11.6 Å². The van der Waals surface area contributed by atoms with E-state index in [0.29, 0.717) is 51.9 Å². The third-order valence-electron chi connectivity index (χ3n) is 6.85. The topological polar surface area (TPSA) is 127 Å². The number of hydrogen-bond acceptors (Lipinski definition) is 8. The molecule has 0 bridgehead atoms. The summed E-state index contributed by atoms with van der Waals surface area (Å²) < 4.78 is 17.9. The Balaban J connectivity index is 1.82. The van der Waals surface area contributed by atoms with Crippen molar-refractivity contribution in [1.29, 1.82) is 0 Å². The average molecular weight is 488 g/mol. The first-order valence-electron chi connectivity index (χ1n) is 11.4. The molecule has 5 rings (SSSR count). The summed E-state index contributed by atoms with van der Waals surface area (Å²) in [5.74, 6) is -0.562. The summed E-state index contributed by atoms with van der Waals surface area (Å²) in [4.78, 5) is 35.9. The first kappa shape index (κ1) is 23.4. The third kappa shape index (κ3) is 3.48. The molecule has 0 radical (unpaired) electrons. The molecule has 0 spiro atoms. The fourth-order valence-electron chi connectivity index (χ4n) is 5.02. The van der Waals surface area contributed by atoms with E-state index < -0.39 is 11.4 Å². The van der Waals surface area contributed by atoms with Crippen LogP contribution in [-0.4, -0.2) is 34.4 Å². The summed E-state index contributed by atoms with van der Waals surface area (Å²) in [5.41, 5.74) is 1.34. The Morgan fingerprint density at radius 3 is 2.22 bits per heavy atom. The number of phenolic OH excluding ortho intramolecular Hbond substituents is 2. The summed E-state index contributed by atoms with van der Waals surface area (Å²) in [5, 5.41) is 22.0. The minimum atomic E-state index is -1.03. The average Bonchev–Trinajstić information content (AvgIpc) is 3.39. The van der Waals surface area contributed by atoms with Gasteiger partial charge >= 0.3 is 5.97 Å². The van der Waals surface area contributed by atoms with E-state index in [2.05, 4.69) is 6.58 Å². The van der Waals surface area contributed by atoms with Gasteiger partial charge in [-0.15, -0.1) is 0 Å². The summed E-state index contributed by atoms with van der Waals surface area (Å²) in [6, 6.07) is 7.64. The lowest BCUT2D eigenvalue weighted by atomic mass is 9.69. The summed E-state index contributed by atoms with van der Waals surface area (Å²) >= 11 is 0. The van der Waals surface area contributed by atoms with Crippen molar-refractivity contribution in [3.8, 4) is 11.5 Å². The molecule has 0 aliphatic heterocycles. The van der Waals surface area contributed by atoms with Gasteiger partial charge in [0.05, 0.1) is 16.5 Å². The van der Waals surface area contributed by atoms with Gasteiger partial charge in [0, 0.05) is 23.3 Å². The van der Waals surface area contributed by atoms with Crippen LogP contribution in [0.2, 0.25) is 0 Å². The maximum atomic E-state index is 12.0. The van der Waals surface area contributed by atoms with Crippen LogP contribution < -0.4 is 0 Å². The highest BCUT2D eigenvalue weighted by atomic mass is 16.5. The normalized spacial score (nSPS) is 17.4. The number of hydrogen-bond donors (Lipinski definition) is 2. The number of ether oxygens (including phenoxy) is 1. The monoisotopic (exact) mass is 488 g/mol. The van der Waals surface area contributed by atoms with Crippen molar-refractivity contribution in [3.05, 3.63) is 65.1 Å². The lowest BCUT2D eigenvalue weighted by Crippen LogP contribution is -2.36. The molecular formula is C28H24O8. The van der Waals surface area contributed by atoms with Gasteiger partial charge in [0.2, 0.25) is 0 Å². The second-order valence-corrected chi connectivity index (χ2v) is 9.27. The van der Waals surface area contributed by atoms with E-state index in [1.165, 1.54) is 45.0 Å². The van der Waals surface area contributed by atoms with Gasteiger partial charge in [-0.2, -0.15) is 0 Å². The van der Waals surface area contributed by atoms with Crippen LogP contribution in [0, 0.1) is 0 Å². The van der Waals surface area contributed by atoms with E-state index in [0.717, 1.165) is 5.57 Å². The molecule has 0 amide bonds. The maximum Gasteiger partial charge on any atom is 0.302 e. The van der Waals surface area contributed by atoms with Crippen molar-refractivity contribution >= 4 is 45.0 Å². The Bertz CT molecular complexity index is 1620. The number of furan rings is 2. The largest absolute Gasteiger partial charge is 0.507 e. The molecule has 2 heterocycles. The van der Waals surface area contributed by atoms with Crippen molar-refractivity contribution in [3.63, 3.8) is 0 Å². The molecule has 36 heavy (non-hydrogen) atoms. The predicted octanol–water partition coefficient (Wildman–Crippen LogP) is 5.65. The second-order valence-electron chi connectivity index (χ2n) is 9.27. The van der Waals surface area contributed by atoms with Gasteiger partial charge in [0.25, 0.3) is 0 Å². The van der Waals surface area contributed by atoms with Crippen LogP contribution in [0.3, 0.4) is 0 Å². The van der Waals surface area contributed by atoms with Crippen molar-refractivity contribution in [1.82, 2.24) is 0 Å². The molecule has 2 aromatic carbocycles. The van der Waals surface area contributed by atoms with Gasteiger partial charge in [-0.25, -0.2) is 0 Å². The van der Waals surface area contributed by atoms with E-state index in [1.807, 2.05) is 0 Å². The second kappa shape index (κ2) is 8.12. The molecule has 1 unspecified atom stereocenters. The van der Waals surface area contributed by atoms with Crippen LogP contribution in [0.1, 0.15) is 71.4 Å². The van der Waals surface area contributed by atoms with Gasteiger partial charge < -0.3 is 23.8 Å². The zero-order chi connectivity index (χ0) is 25.9. The maximum absolute atomic E-state index is 12.0. The highest BCUT2D eigenvalue weighted by Gasteiger charge is 2.47. The quantitative estimate of drug-likeness (QED) is 0.272. The lowest BCUT2D eigenvalue weighted by Gasteiger charge is -2.35. The predicted molar refractivity (Wildman–Crippen MR) is 131 cm³/mol. The molecule has 2 N–H and O–H groups in total. The highest BCUT2D eigenvalue weighted by Crippen LogP contribution is 2.52. The molecule has 2 aromatic heterocycles. The summed E-state index contributed by atoms with van der Waals surface area (Å²) in [6.07, 6.45) is 0.946. The van der Waals surface area contributed by atoms with Gasteiger partial charge in [-0.3, -0.25) is 14.4 Å². The molecule has 0 saturated heterocycles. The molecule has 0 saturated carbocycles. The summed E-state index contributed by atoms with van der Waals surface area (Å²) in [7, 11) is 0. The van der Waals surface area contributed by atoms with Crippen LogP contribution >= 0.6 is 0 Å². The van der Waals surface area contributed by atoms with Gasteiger partial charge in [-0.05, 0) is 62.6 Å². The molecule has 4 aromatic rings. The summed E-state index contributed by atoms with van der Waals surface area (Å²) in [6.45, 7) is 8.07. The zero-order valence-electron chi connectivity index (χ0n) is 20.1. The van der Waals surface area contributed by atoms with E-state index in [9.17, 15) is 24.6 Å². The number of Topliss-reactive ketones (excluding diaryl/α,β-unsaturated/α-hetero) is 2. The Hall–Kier alpha value is -4.33. The van der Waals surface area contributed by atoms with Crippen molar-refractivity contribution in [2.75, 3.05) is 6.61 Å².